The second-order valence-corrected chi connectivity index (χ2v) is 11.5. The van der Waals surface area contributed by atoms with Crippen LogP contribution in [0.4, 0.5) is 11.4 Å². The monoisotopic (exact) mass is 755 g/mol. The second kappa shape index (κ2) is 21.8. The van der Waals surface area contributed by atoms with Gasteiger partial charge in [0.05, 0.1) is 19.3 Å². The first kappa shape index (κ1) is 42.8. The van der Waals surface area contributed by atoms with Gasteiger partial charge >= 0.3 is 5.97 Å². The Kier molecular flexibility index (Phi) is 16.6. The van der Waals surface area contributed by atoms with E-state index in [-0.39, 0.29) is 11.4 Å². The van der Waals surface area contributed by atoms with Crippen molar-refractivity contribution >= 4 is 35.1 Å². The van der Waals surface area contributed by atoms with Crippen LogP contribution in [0.5, 0.6) is 0 Å². The predicted molar refractivity (Wildman–Crippen MR) is 206 cm³/mol. The third kappa shape index (κ3) is 14.1. The summed E-state index contributed by atoms with van der Waals surface area (Å²) in [7, 11) is 1.17. The summed E-state index contributed by atoms with van der Waals surface area (Å²) in [5.41, 5.74) is 16.7. The average Bonchev–Trinajstić information content (AvgIpc) is 3.20. The number of nitrogen functional groups attached to an aromatic ring is 2. The molecule has 0 radical (unpaired) electrons. The fraction of sp³-hybridized carbons (Fsp3) is 0.171. The molecule has 4 rings (SSSR count). The number of hydrogen-bond acceptors (Lipinski definition) is 12. The molecular formula is C41H37N7O8. The molecular weight excluding hydrogens is 718 g/mol. The van der Waals surface area contributed by atoms with Gasteiger partial charge in [-0.3, -0.25) is 19.6 Å². The summed E-state index contributed by atoms with van der Waals surface area (Å²) >= 11 is 0. The first-order valence-electron chi connectivity index (χ1n) is 16.5. The van der Waals surface area contributed by atoms with Crippen LogP contribution < -0.4 is 27.6 Å². The molecule has 0 saturated heterocycles. The Balaban J connectivity index is 0.000000300. The molecule has 2 heterocycles. The van der Waals surface area contributed by atoms with Crippen LogP contribution in [0.3, 0.4) is 0 Å². The van der Waals surface area contributed by atoms with Crippen LogP contribution in [0, 0.1) is 47.4 Å². The molecule has 0 aliphatic carbocycles. The van der Waals surface area contributed by atoms with E-state index in [1.54, 1.807) is 60.7 Å². The zero-order valence-electron chi connectivity index (χ0n) is 30.3. The maximum atomic E-state index is 12.2. The number of hydrogen-bond donors (Lipinski definition) is 8. The summed E-state index contributed by atoms with van der Waals surface area (Å²) in [4.78, 5) is 55.3. The molecule has 0 unspecified atom stereocenters. The lowest BCUT2D eigenvalue weighted by atomic mass is 10.1. The normalized spacial score (nSPS) is 11.7. The van der Waals surface area contributed by atoms with Crippen LogP contribution in [0.15, 0.2) is 85.2 Å². The van der Waals surface area contributed by atoms with Crippen LogP contribution >= 0.6 is 0 Å². The molecule has 3 amide bonds. The Bertz CT molecular complexity index is 2080. The minimum Gasteiger partial charge on any atom is -0.467 e. The number of carbonyl (C=O) groups excluding carboxylic acids is 4. The van der Waals surface area contributed by atoms with Crippen molar-refractivity contribution in [2.75, 3.05) is 18.6 Å². The Morgan fingerprint density at radius 3 is 1.29 bits per heavy atom. The van der Waals surface area contributed by atoms with Crippen molar-refractivity contribution in [2.24, 2.45) is 0 Å². The summed E-state index contributed by atoms with van der Waals surface area (Å²) in [6.07, 6.45) is 0.487. The zero-order valence-corrected chi connectivity index (χ0v) is 30.3. The fourth-order valence-electron chi connectivity index (χ4n) is 4.16. The molecule has 56 heavy (non-hydrogen) atoms. The molecule has 284 valence electrons. The lowest BCUT2D eigenvalue weighted by molar-refractivity contribution is -0.145. The second-order valence-electron chi connectivity index (χ2n) is 11.5. The number of hydroxylamine groups is 1. The topological polar surface area (TPSA) is 252 Å². The molecule has 10 N–H and O–H groups in total. The summed E-state index contributed by atoms with van der Waals surface area (Å²) in [6.45, 7) is 2.68. The van der Waals surface area contributed by atoms with Gasteiger partial charge in [0.25, 0.3) is 17.7 Å². The van der Waals surface area contributed by atoms with E-state index in [4.69, 9.17) is 16.7 Å². The van der Waals surface area contributed by atoms with Crippen LogP contribution in [-0.2, 0) is 14.3 Å². The summed E-state index contributed by atoms with van der Waals surface area (Å²) in [5.74, 6) is 19.2. The highest BCUT2D eigenvalue weighted by Gasteiger charge is 2.27. The predicted octanol–water partition coefficient (Wildman–Crippen LogP) is 0.771. The number of benzene rings is 2. The molecule has 15 heteroatoms. The van der Waals surface area contributed by atoms with Crippen molar-refractivity contribution in [3.63, 3.8) is 0 Å². The van der Waals surface area contributed by atoms with Gasteiger partial charge in [0, 0.05) is 46.0 Å². The maximum absolute atomic E-state index is 12.2. The third-order valence-electron chi connectivity index (χ3n) is 7.15. The Morgan fingerprint density at radius 1 is 0.607 bits per heavy atom. The van der Waals surface area contributed by atoms with Gasteiger partial charge in [-0.15, -0.1) is 0 Å². The van der Waals surface area contributed by atoms with Crippen molar-refractivity contribution < 1.29 is 39.3 Å². The van der Waals surface area contributed by atoms with Gasteiger partial charge in [0.15, 0.2) is 6.04 Å². The number of aromatic nitrogens is 2. The van der Waals surface area contributed by atoms with Crippen molar-refractivity contribution in [3.05, 3.63) is 119 Å². The Labute approximate surface area is 322 Å². The Hall–Kier alpha value is -7.66. The van der Waals surface area contributed by atoms with Crippen molar-refractivity contribution in [3.8, 4) is 47.4 Å². The molecule has 0 bridgehead atoms. The highest BCUT2D eigenvalue weighted by atomic mass is 16.5. The fourth-order valence-corrected chi connectivity index (χ4v) is 4.16. The van der Waals surface area contributed by atoms with Crippen molar-refractivity contribution in [1.29, 1.82) is 0 Å². The first-order chi connectivity index (χ1) is 26.8. The zero-order chi connectivity index (χ0) is 41.0. The number of carbonyl (C=O) groups is 4. The van der Waals surface area contributed by atoms with Crippen LogP contribution in [0.2, 0.25) is 0 Å². The highest BCUT2D eigenvalue weighted by molar-refractivity contribution is 5.96. The quantitative estimate of drug-likeness (QED) is 0.0408. The Morgan fingerprint density at radius 2 is 0.964 bits per heavy atom. The molecule has 2 aromatic carbocycles. The molecule has 0 aliphatic heterocycles. The number of amides is 3. The molecule has 0 saturated carbocycles. The molecule has 0 spiro atoms. The minimum atomic E-state index is -1.32. The van der Waals surface area contributed by atoms with E-state index in [1.165, 1.54) is 51.0 Å². The lowest BCUT2D eigenvalue weighted by Crippen LogP contribution is -2.51. The largest absolute Gasteiger partial charge is 0.467 e. The number of nitrogens with two attached hydrogens (primary N) is 2. The van der Waals surface area contributed by atoms with Crippen LogP contribution in [-0.4, -0.2) is 80.5 Å². The van der Waals surface area contributed by atoms with E-state index in [9.17, 15) is 29.4 Å². The number of aliphatic hydroxyl groups excluding tert-OH is 2. The van der Waals surface area contributed by atoms with Gasteiger partial charge in [-0.1, -0.05) is 23.7 Å². The first-order valence-corrected chi connectivity index (χ1v) is 16.5. The van der Waals surface area contributed by atoms with Crippen LogP contribution in [0.25, 0.3) is 0 Å². The lowest BCUT2D eigenvalue weighted by Gasteiger charge is -2.18. The van der Waals surface area contributed by atoms with E-state index >= 15 is 0 Å². The van der Waals surface area contributed by atoms with Gasteiger partial charge in [-0.2, -0.15) is 0 Å². The van der Waals surface area contributed by atoms with E-state index < -0.39 is 48.0 Å². The summed E-state index contributed by atoms with van der Waals surface area (Å²) < 4.78 is 4.55. The van der Waals surface area contributed by atoms with E-state index in [2.05, 4.69) is 72.7 Å². The molecule has 0 fully saturated rings. The summed E-state index contributed by atoms with van der Waals surface area (Å²) in [5, 5.41) is 32.4. The van der Waals surface area contributed by atoms with Gasteiger partial charge in [-0.25, -0.2) is 20.2 Å². The number of ether oxygens (including phenoxy) is 1. The summed E-state index contributed by atoms with van der Waals surface area (Å²) in [6, 6.07) is 17.7. The number of pyridine rings is 2. The van der Waals surface area contributed by atoms with Crippen molar-refractivity contribution in [2.45, 2.75) is 38.1 Å². The highest BCUT2D eigenvalue weighted by Crippen LogP contribution is 2.06. The van der Waals surface area contributed by atoms with E-state index in [1.807, 2.05) is 0 Å². The molecule has 2 aromatic heterocycles. The number of esters is 1. The number of rotatable bonds is 8. The SMILES string of the molecule is COC(=O)[C@@H](NC(=O)c1ccc(C#CC#Cc2ccc(N)cc2)cn1)[C@@H](C)O.C[C@@H](O)[C@H](NC(=O)c1ccc(C#CC#Cc2ccc(N)cc2)cn1)C(=O)NO. The molecule has 15 nitrogen and oxygen atoms in total. The number of nitrogens with one attached hydrogen (secondary N) is 3. The number of anilines is 2. The standard InChI is InChI=1S/C21H19N3O4.C20H18N4O4/c1-14(25)19(21(27)28-2)24-20(26)18-12-9-16(13-23-18)6-4-3-5-15-7-10-17(22)11-8-15;1-13(25)18(20(27)24-28)23-19(26)17-11-8-15(12-22-17)5-3-2-4-14-6-9-16(21)10-7-14/h7-14,19,25H,22H2,1-2H3,(H,24,26);6-13,18,25,28H,21H2,1H3,(H,23,26)(H,24,27)/t14-,19+;13-,18+/m11/s1. The number of methoxy groups -OCH3 is 1. The van der Waals surface area contributed by atoms with Gasteiger partial charge in [0.2, 0.25) is 0 Å². The average molecular weight is 756 g/mol. The number of nitrogens with zero attached hydrogens (tertiary/aromatic N) is 2. The number of aliphatic hydroxyl groups is 2. The smallest absolute Gasteiger partial charge is 0.331 e. The van der Waals surface area contributed by atoms with Crippen LogP contribution in [0.1, 0.15) is 57.1 Å². The third-order valence-corrected chi connectivity index (χ3v) is 7.15. The molecule has 0 aliphatic rings. The van der Waals surface area contributed by atoms with Gasteiger partial charge in [-0.05, 0) is 110 Å². The van der Waals surface area contributed by atoms with E-state index in [0.29, 0.717) is 22.5 Å². The van der Waals surface area contributed by atoms with E-state index in [0.717, 1.165) is 11.1 Å². The molecule has 4 aromatic rings. The minimum absolute atomic E-state index is 0.0231. The maximum Gasteiger partial charge on any atom is 0.331 e. The van der Waals surface area contributed by atoms with Crippen molar-refractivity contribution in [1.82, 2.24) is 26.1 Å². The van der Waals surface area contributed by atoms with Gasteiger partial charge in [0.1, 0.15) is 17.4 Å². The van der Waals surface area contributed by atoms with Gasteiger partial charge < -0.3 is 37.1 Å². The molecule has 4 atom stereocenters.